The second kappa shape index (κ2) is 6.74. The maximum atomic E-state index is 12.3. The third-order valence-corrected chi connectivity index (χ3v) is 3.21. The van der Waals surface area contributed by atoms with Crippen LogP contribution in [0.25, 0.3) is 0 Å². The van der Waals surface area contributed by atoms with Crippen molar-refractivity contribution in [3.63, 3.8) is 0 Å². The molecular weight excluding hydrogens is 268 g/mol. The summed E-state index contributed by atoms with van der Waals surface area (Å²) in [6.45, 7) is 0.520. The molecule has 0 fully saturated rings. The molecule has 0 aliphatic heterocycles. The Labute approximate surface area is 123 Å². The average molecular weight is 286 g/mol. The summed E-state index contributed by atoms with van der Waals surface area (Å²) in [5, 5.41) is 9.82. The summed E-state index contributed by atoms with van der Waals surface area (Å²) in [6.07, 6.45) is 2.39. The van der Waals surface area contributed by atoms with Crippen LogP contribution in [0.2, 0.25) is 0 Å². The number of hydrogen-bond donors (Lipinski definition) is 1. The first kappa shape index (κ1) is 14.8. The molecule has 0 radical (unpaired) electrons. The van der Waals surface area contributed by atoms with Crippen molar-refractivity contribution in [1.82, 2.24) is 9.88 Å². The lowest BCUT2D eigenvalue weighted by atomic mass is 10.1. The van der Waals surface area contributed by atoms with Gasteiger partial charge in [0.25, 0.3) is 5.91 Å². The van der Waals surface area contributed by atoms with Gasteiger partial charge in [-0.25, -0.2) is 0 Å². The first-order chi connectivity index (χ1) is 10.1. The lowest BCUT2D eigenvalue weighted by Crippen LogP contribution is -2.29. The van der Waals surface area contributed by atoms with E-state index in [4.69, 9.17) is 4.74 Å². The number of aromatic nitrogens is 1. The summed E-state index contributed by atoms with van der Waals surface area (Å²) in [5.74, 6) is 0.238. The normalized spacial score (nSPS) is 10.2. The van der Waals surface area contributed by atoms with E-state index in [0.717, 1.165) is 5.69 Å². The second-order valence-electron chi connectivity index (χ2n) is 4.68. The smallest absolute Gasteiger partial charge is 0.257 e. The van der Waals surface area contributed by atoms with Gasteiger partial charge in [0.15, 0.2) is 0 Å². The maximum absolute atomic E-state index is 12.3. The molecule has 0 bridgehead atoms. The molecule has 21 heavy (non-hydrogen) atoms. The summed E-state index contributed by atoms with van der Waals surface area (Å²) >= 11 is 0. The largest absolute Gasteiger partial charge is 0.507 e. The first-order valence-electron chi connectivity index (χ1n) is 6.64. The number of methoxy groups -OCH3 is 1. The van der Waals surface area contributed by atoms with Crippen molar-refractivity contribution in [3.8, 4) is 11.5 Å². The molecule has 1 heterocycles. The van der Waals surface area contributed by atoms with Crippen LogP contribution in [0.15, 0.2) is 42.6 Å². The van der Waals surface area contributed by atoms with Gasteiger partial charge in [-0.1, -0.05) is 6.07 Å². The number of ether oxygens (including phenoxy) is 1. The first-order valence-corrected chi connectivity index (χ1v) is 6.64. The van der Waals surface area contributed by atoms with Crippen LogP contribution in [0.1, 0.15) is 16.1 Å². The molecule has 5 nitrogen and oxygen atoms in total. The van der Waals surface area contributed by atoms with E-state index in [1.54, 1.807) is 24.2 Å². The van der Waals surface area contributed by atoms with Gasteiger partial charge in [0.1, 0.15) is 11.5 Å². The SMILES string of the molecule is COc1ccc(O)c(C(=O)N(C)CCc2ccccn2)c1. The van der Waals surface area contributed by atoms with Crippen molar-refractivity contribution in [2.75, 3.05) is 20.7 Å². The van der Waals surface area contributed by atoms with Crippen molar-refractivity contribution in [2.24, 2.45) is 0 Å². The Hall–Kier alpha value is -2.56. The Morgan fingerprint density at radius 3 is 2.81 bits per heavy atom. The summed E-state index contributed by atoms with van der Waals surface area (Å²) < 4.78 is 5.08. The lowest BCUT2D eigenvalue weighted by molar-refractivity contribution is 0.0793. The molecule has 1 aromatic carbocycles. The van der Waals surface area contributed by atoms with Crippen LogP contribution in [0.4, 0.5) is 0 Å². The lowest BCUT2D eigenvalue weighted by Gasteiger charge is -2.18. The number of pyridine rings is 1. The monoisotopic (exact) mass is 286 g/mol. The topological polar surface area (TPSA) is 62.7 Å². The minimum absolute atomic E-state index is 0.0505. The molecule has 5 heteroatoms. The van der Waals surface area contributed by atoms with Gasteiger partial charge < -0.3 is 14.7 Å². The fourth-order valence-electron chi connectivity index (χ4n) is 1.95. The van der Waals surface area contributed by atoms with Crippen LogP contribution >= 0.6 is 0 Å². The van der Waals surface area contributed by atoms with Crippen molar-refractivity contribution < 1.29 is 14.6 Å². The molecule has 1 amide bonds. The molecule has 110 valence electrons. The Kier molecular flexibility index (Phi) is 4.77. The fourth-order valence-corrected chi connectivity index (χ4v) is 1.95. The summed E-state index contributed by atoms with van der Waals surface area (Å²) in [7, 11) is 3.22. The number of likely N-dealkylation sites (N-methyl/N-ethyl adjacent to an activating group) is 1. The Balaban J connectivity index is 2.05. The molecule has 2 rings (SSSR count). The van der Waals surface area contributed by atoms with Crippen LogP contribution < -0.4 is 4.74 Å². The zero-order valence-corrected chi connectivity index (χ0v) is 12.1. The van der Waals surface area contributed by atoms with Crippen LogP contribution in [0.5, 0.6) is 11.5 Å². The van der Waals surface area contributed by atoms with Crippen LogP contribution in [-0.4, -0.2) is 41.6 Å². The van der Waals surface area contributed by atoms with E-state index in [-0.39, 0.29) is 17.2 Å². The summed E-state index contributed by atoms with van der Waals surface area (Å²) in [4.78, 5) is 18.1. The number of phenols is 1. The molecule has 0 saturated heterocycles. The number of benzene rings is 1. The highest BCUT2D eigenvalue weighted by Crippen LogP contribution is 2.23. The maximum Gasteiger partial charge on any atom is 0.257 e. The van der Waals surface area contributed by atoms with E-state index in [2.05, 4.69) is 4.98 Å². The van der Waals surface area contributed by atoms with Crippen LogP contribution in [-0.2, 0) is 6.42 Å². The zero-order chi connectivity index (χ0) is 15.2. The number of aromatic hydroxyl groups is 1. The van der Waals surface area contributed by atoms with Gasteiger partial charge in [-0.05, 0) is 30.3 Å². The highest BCUT2D eigenvalue weighted by molar-refractivity contribution is 5.97. The van der Waals surface area contributed by atoms with E-state index >= 15 is 0 Å². The van der Waals surface area contributed by atoms with Crippen molar-refractivity contribution in [2.45, 2.75) is 6.42 Å². The zero-order valence-electron chi connectivity index (χ0n) is 12.1. The number of carbonyl (C=O) groups excluding carboxylic acids is 1. The van der Waals surface area contributed by atoms with E-state index in [1.807, 2.05) is 18.2 Å². The van der Waals surface area contributed by atoms with Crippen LogP contribution in [0.3, 0.4) is 0 Å². The highest BCUT2D eigenvalue weighted by Gasteiger charge is 2.16. The molecule has 0 spiro atoms. The van der Waals surface area contributed by atoms with Crippen molar-refractivity contribution in [1.29, 1.82) is 0 Å². The minimum atomic E-state index is -0.248. The average Bonchev–Trinajstić information content (AvgIpc) is 2.53. The standard InChI is InChI=1S/C16H18N2O3/c1-18(10-8-12-5-3-4-9-17-12)16(20)14-11-13(21-2)6-7-15(14)19/h3-7,9,11,19H,8,10H2,1-2H3. The van der Waals surface area contributed by atoms with Gasteiger partial charge in [-0.15, -0.1) is 0 Å². The van der Waals surface area contributed by atoms with E-state index in [0.29, 0.717) is 18.7 Å². The number of hydrogen-bond acceptors (Lipinski definition) is 4. The number of nitrogens with zero attached hydrogens (tertiary/aromatic N) is 2. The Morgan fingerprint density at radius 2 is 2.14 bits per heavy atom. The minimum Gasteiger partial charge on any atom is -0.507 e. The Bertz CT molecular complexity index is 614. The van der Waals surface area contributed by atoms with E-state index in [9.17, 15) is 9.90 Å². The predicted octanol–water partition coefficient (Wildman–Crippen LogP) is 2.11. The van der Waals surface area contributed by atoms with Gasteiger partial charge in [-0.2, -0.15) is 0 Å². The van der Waals surface area contributed by atoms with Gasteiger partial charge in [-0.3, -0.25) is 9.78 Å². The summed E-state index contributed by atoms with van der Waals surface area (Å²) in [6, 6.07) is 10.3. The predicted molar refractivity (Wildman–Crippen MR) is 79.6 cm³/mol. The van der Waals surface area contributed by atoms with E-state index < -0.39 is 0 Å². The summed E-state index contributed by atoms with van der Waals surface area (Å²) in [5.41, 5.74) is 1.16. The highest BCUT2D eigenvalue weighted by atomic mass is 16.5. The second-order valence-corrected chi connectivity index (χ2v) is 4.68. The molecular formula is C16H18N2O3. The molecule has 0 aliphatic rings. The van der Waals surface area contributed by atoms with Gasteiger partial charge in [0, 0.05) is 31.9 Å². The number of amides is 1. The quantitative estimate of drug-likeness (QED) is 0.914. The number of rotatable bonds is 5. The molecule has 2 aromatic rings. The third-order valence-electron chi connectivity index (χ3n) is 3.21. The van der Waals surface area contributed by atoms with Crippen molar-refractivity contribution in [3.05, 3.63) is 53.9 Å². The molecule has 0 atom stereocenters. The number of phenolic OH excluding ortho intramolecular Hbond substituents is 1. The fraction of sp³-hybridized carbons (Fsp3) is 0.250. The molecule has 1 N–H and O–H groups in total. The molecule has 0 aliphatic carbocycles. The van der Waals surface area contributed by atoms with Crippen LogP contribution in [0, 0.1) is 0 Å². The Morgan fingerprint density at radius 1 is 1.33 bits per heavy atom. The third kappa shape index (κ3) is 3.72. The van der Waals surface area contributed by atoms with Crippen molar-refractivity contribution >= 4 is 5.91 Å². The molecule has 0 saturated carbocycles. The van der Waals surface area contributed by atoms with Gasteiger partial charge in [0.2, 0.25) is 0 Å². The number of carbonyl (C=O) groups is 1. The van der Waals surface area contributed by atoms with Gasteiger partial charge in [0.05, 0.1) is 12.7 Å². The molecule has 1 aromatic heterocycles. The van der Waals surface area contributed by atoms with Gasteiger partial charge >= 0.3 is 0 Å². The van der Waals surface area contributed by atoms with E-state index in [1.165, 1.54) is 19.2 Å². The molecule has 0 unspecified atom stereocenters.